The molecule has 0 bridgehead atoms. The van der Waals surface area contributed by atoms with E-state index < -0.39 is 0 Å². The molecule has 1 amide bonds. The first-order valence-corrected chi connectivity index (χ1v) is 6.97. The molecule has 1 aliphatic carbocycles. The summed E-state index contributed by atoms with van der Waals surface area (Å²) < 4.78 is 2.08. The van der Waals surface area contributed by atoms with E-state index in [1.54, 1.807) is 0 Å². The van der Waals surface area contributed by atoms with Gasteiger partial charge in [-0.2, -0.15) is 0 Å². The number of anilines is 1. The minimum Gasteiger partial charge on any atom is -0.379 e. The number of rotatable bonds is 5. The van der Waals surface area contributed by atoms with Crippen LogP contribution < -0.4 is 10.6 Å². The molecule has 1 aromatic carbocycles. The number of aromatic nitrogens is 1. The van der Waals surface area contributed by atoms with E-state index in [2.05, 4.69) is 21.3 Å². The highest BCUT2D eigenvalue weighted by Gasteiger charge is 2.23. The van der Waals surface area contributed by atoms with E-state index in [0.29, 0.717) is 11.6 Å². The molecule has 2 N–H and O–H groups in total. The Hall–Kier alpha value is -2.23. The fraction of sp³-hybridized carbons (Fsp3) is 0.312. The van der Waals surface area contributed by atoms with Crippen molar-refractivity contribution in [1.82, 2.24) is 9.88 Å². The Kier molecular flexibility index (Phi) is 3.46. The van der Waals surface area contributed by atoms with Crippen molar-refractivity contribution in [3.63, 3.8) is 0 Å². The standard InChI is InChI=1S/C16H19N3O/c1-19-9-3-6-15(19)11-17-14-5-2-4-12(10-14)16(20)18-13-7-8-13/h2-6,9-10,13,17H,7-8,11H2,1H3,(H,18,20). The van der Waals surface area contributed by atoms with Crippen molar-refractivity contribution in [3.8, 4) is 0 Å². The summed E-state index contributed by atoms with van der Waals surface area (Å²) in [7, 11) is 2.02. The van der Waals surface area contributed by atoms with Gasteiger partial charge in [-0.15, -0.1) is 0 Å². The van der Waals surface area contributed by atoms with Crippen LogP contribution in [0.1, 0.15) is 28.9 Å². The second-order valence-electron chi connectivity index (χ2n) is 5.29. The maximum absolute atomic E-state index is 12.0. The molecule has 1 heterocycles. The van der Waals surface area contributed by atoms with Gasteiger partial charge in [-0.05, 0) is 43.2 Å². The van der Waals surface area contributed by atoms with Gasteiger partial charge >= 0.3 is 0 Å². The van der Waals surface area contributed by atoms with Gasteiger partial charge in [-0.25, -0.2) is 0 Å². The van der Waals surface area contributed by atoms with Gasteiger partial charge in [0.1, 0.15) is 0 Å². The molecule has 1 saturated carbocycles. The third-order valence-corrected chi connectivity index (χ3v) is 3.56. The van der Waals surface area contributed by atoms with E-state index >= 15 is 0 Å². The van der Waals surface area contributed by atoms with Crippen LogP contribution in [0.3, 0.4) is 0 Å². The number of hydrogen-bond donors (Lipinski definition) is 2. The van der Waals surface area contributed by atoms with Gasteiger partial charge in [0.05, 0.1) is 6.54 Å². The normalized spacial score (nSPS) is 14.1. The molecular formula is C16H19N3O. The molecule has 0 atom stereocenters. The van der Waals surface area contributed by atoms with Gasteiger partial charge < -0.3 is 15.2 Å². The fourth-order valence-electron chi connectivity index (χ4n) is 2.14. The van der Waals surface area contributed by atoms with Crippen LogP contribution in [0.5, 0.6) is 0 Å². The first kappa shape index (κ1) is 12.8. The topological polar surface area (TPSA) is 46.1 Å². The molecule has 2 aromatic rings. The third kappa shape index (κ3) is 3.02. The Balaban J connectivity index is 1.64. The highest BCUT2D eigenvalue weighted by Crippen LogP contribution is 2.20. The molecular weight excluding hydrogens is 250 g/mol. The van der Waals surface area contributed by atoms with Gasteiger partial charge in [0.15, 0.2) is 0 Å². The van der Waals surface area contributed by atoms with Crippen LogP contribution in [0.4, 0.5) is 5.69 Å². The second-order valence-corrected chi connectivity index (χ2v) is 5.29. The van der Waals surface area contributed by atoms with Gasteiger partial charge in [0, 0.05) is 36.2 Å². The zero-order chi connectivity index (χ0) is 13.9. The summed E-state index contributed by atoms with van der Waals surface area (Å²) in [4.78, 5) is 12.0. The molecule has 4 heteroatoms. The number of nitrogens with zero attached hydrogens (tertiary/aromatic N) is 1. The summed E-state index contributed by atoms with van der Waals surface area (Å²) >= 11 is 0. The number of hydrogen-bond acceptors (Lipinski definition) is 2. The molecule has 0 unspecified atom stereocenters. The average Bonchev–Trinajstić information content (AvgIpc) is 3.17. The van der Waals surface area contributed by atoms with Gasteiger partial charge in [-0.3, -0.25) is 4.79 Å². The van der Waals surface area contributed by atoms with E-state index in [4.69, 9.17) is 0 Å². The van der Waals surface area contributed by atoms with Crippen molar-refractivity contribution in [3.05, 3.63) is 53.9 Å². The van der Waals surface area contributed by atoms with Gasteiger partial charge in [-0.1, -0.05) is 6.07 Å². The molecule has 104 valence electrons. The summed E-state index contributed by atoms with van der Waals surface area (Å²) in [5.41, 5.74) is 2.89. The van der Waals surface area contributed by atoms with Gasteiger partial charge in [0.25, 0.3) is 5.91 Å². The number of benzene rings is 1. The number of nitrogens with one attached hydrogen (secondary N) is 2. The highest BCUT2D eigenvalue weighted by atomic mass is 16.1. The van der Waals surface area contributed by atoms with Crippen LogP contribution in [0.2, 0.25) is 0 Å². The number of carbonyl (C=O) groups is 1. The van der Waals surface area contributed by atoms with Crippen molar-refractivity contribution in [1.29, 1.82) is 0 Å². The maximum Gasteiger partial charge on any atom is 0.251 e. The monoisotopic (exact) mass is 269 g/mol. The summed E-state index contributed by atoms with van der Waals surface area (Å²) in [6.45, 7) is 0.747. The van der Waals surface area contributed by atoms with E-state index in [0.717, 1.165) is 25.1 Å². The number of aryl methyl sites for hydroxylation is 1. The van der Waals surface area contributed by atoms with Crippen LogP contribution >= 0.6 is 0 Å². The summed E-state index contributed by atoms with van der Waals surface area (Å²) in [6.07, 6.45) is 4.24. The summed E-state index contributed by atoms with van der Waals surface area (Å²) in [5.74, 6) is 0.0232. The number of carbonyl (C=O) groups excluding carboxylic acids is 1. The third-order valence-electron chi connectivity index (χ3n) is 3.56. The predicted octanol–water partition coefficient (Wildman–Crippen LogP) is 2.53. The molecule has 0 radical (unpaired) electrons. The lowest BCUT2D eigenvalue weighted by molar-refractivity contribution is 0.0951. The SMILES string of the molecule is Cn1cccc1CNc1cccc(C(=O)NC2CC2)c1. The second kappa shape index (κ2) is 5.41. The van der Waals surface area contributed by atoms with Crippen LogP contribution in [0, 0.1) is 0 Å². The van der Waals surface area contributed by atoms with Crippen LogP contribution in [0.25, 0.3) is 0 Å². The van der Waals surface area contributed by atoms with Crippen molar-refractivity contribution in [2.75, 3.05) is 5.32 Å². The van der Waals surface area contributed by atoms with E-state index in [9.17, 15) is 4.79 Å². The Morgan fingerprint density at radius 3 is 2.85 bits per heavy atom. The average molecular weight is 269 g/mol. The van der Waals surface area contributed by atoms with Crippen molar-refractivity contribution in [2.45, 2.75) is 25.4 Å². The fourth-order valence-corrected chi connectivity index (χ4v) is 2.14. The highest BCUT2D eigenvalue weighted by molar-refractivity contribution is 5.95. The molecule has 1 aliphatic rings. The van der Waals surface area contributed by atoms with Crippen molar-refractivity contribution >= 4 is 11.6 Å². The predicted molar refractivity (Wildman–Crippen MR) is 79.7 cm³/mol. The lowest BCUT2D eigenvalue weighted by Gasteiger charge is -2.09. The zero-order valence-electron chi connectivity index (χ0n) is 11.6. The van der Waals surface area contributed by atoms with Crippen molar-refractivity contribution in [2.24, 2.45) is 7.05 Å². The smallest absolute Gasteiger partial charge is 0.251 e. The van der Waals surface area contributed by atoms with E-state index in [-0.39, 0.29) is 5.91 Å². The summed E-state index contributed by atoms with van der Waals surface area (Å²) in [6, 6.07) is 12.1. The van der Waals surface area contributed by atoms with Gasteiger partial charge in [0.2, 0.25) is 0 Å². The Bertz CT molecular complexity index is 614. The Morgan fingerprint density at radius 1 is 1.30 bits per heavy atom. The zero-order valence-corrected chi connectivity index (χ0v) is 11.6. The number of amides is 1. The van der Waals surface area contributed by atoms with Crippen LogP contribution in [-0.2, 0) is 13.6 Å². The molecule has 0 spiro atoms. The first-order chi connectivity index (χ1) is 9.72. The Morgan fingerprint density at radius 2 is 2.15 bits per heavy atom. The first-order valence-electron chi connectivity index (χ1n) is 6.97. The lowest BCUT2D eigenvalue weighted by Crippen LogP contribution is -2.25. The molecule has 1 aromatic heterocycles. The molecule has 4 nitrogen and oxygen atoms in total. The Labute approximate surface area is 118 Å². The maximum atomic E-state index is 12.0. The minimum absolute atomic E-state index is 0.0232. The molecule has 0 saturated heterocycles. The molecule has 1 fully saturated rings. The van der Waals surface area contributed by atoms with Crippen LogP contribution in [0.15, 0.2) is 42.6 Å². The minimum atomic E-state index is 0.0232. The van der Waals surface area contributed by atoms with E-state index in [1.807, 2.05) is 43.6 Å². The lowest BCUT2D eigenvalue weighted by atomic mass is 10.2. The largest absolute Gasteiger partial charge is 0.379 e. The van der Waals surface area contributed by atoms with Crippen molar-refractivity contribution < 1.29 is 4.79 Å². The molecule has 20 heavy (non-hydrogen) atoms. The molecule has 0 aliphatic heterocycles. The van der Waals surface area contributed by atoms with Crippen LogP contribution in [-0.4, -0.2) is 16.5 Å². The molecule has 3 rings (SSSR count). The quantitative estimate of drug-likeness (QED) is 0.876. The summed E-state index contributed by atoms with van der Waals surface area (Å²) in [5, 5.41) is 6.36. The van der Waals surface area contributed by atoms with E-state index in [1.165, 1.54) is 5.69 Å².